The molecule has 6 nitrogen and oxygen atoms in total. The third-order valence-electron chi connectivity index (χ3n) is 4.30. The number of anilines is 1. The molecule has 3 N–H and O–H groups in total. The van der Waals surface area contributed by atoms with E-state index in [1.54, 1.807) is 6.20 Å². The lowest BCUT2D eigenvalue weighted by Crippen LogP contribution is -2.31. The second-order valence-electron chi connectivity index (χ2n) is 6.46. The van der Waals surface area contributed by atoms with Crippen molar-refractivity contribution >= 4 is 35.8 Å². The van der Waals surface area contributed by atoms with E-state index >= 15 is 0 Å². The van der Waals surface area contributed by atoms with E-state index in [2.05, 4.69) is 24.9 Å². The van der Waals surface area contributed by atoms with Gasteiger partial charge in [-0.3, -0.25) is 0 Å². The van der Waals surface area contributed by atoms with Gasteiger partial charge in [-0.05, 0) is 48.2 Å². The lowest BCUT2D eigenvalue weighted by Gasteiger charge is -2.16. The predicted octanol–water partition coefficient (Wildman–Crippen LogP) is 3.80. The SMILES string of the molecule is I.NC(=NCc1ccnc(N2CCCC2)c1)NCc1ccc(OC(F)(F)F)cc1. The van der Waals surface area contributed by atoms with E-state index in [4.69, 9.17) is 5.73 Å². The number of nitrogens with two attached hydrogens (primary N) is 1. The van der Waals surface area contributed by atoms with Crippen molar-refractivity contribution < 1.29 is 17.9 Å². The van der Waals surface area contributed by atoms with Crippen LogP contribution in [0.5, 0.6) is 5.75 Å². The number of ether oxygens (including phenoxy) is 1. The number of alkyl halides is 3. The molecular weight excluding hydrogens is 498 g/mol. The van der Waals surface area contributed by atoms with E-state index in [9.17, 15) is 13.2 Å². The quantitative estimate of drug-likeness (QED) is 0.344. The van der Waals surface area contributed by atoms with Crippen molar-refractivity contribution in [1.82, 2.24) is 10.3 Å². The van der Waals surface area contributed by atoms with E-state index in [1.807, 2.05) is 12.1 Å². The molecule has 1 aliphatic rings. The van der Waals surface area contributed by atoms with Gasteiger partial charge in [0.25, 0.3) is 0 Å². The molecule has 10 heteroatoms. The maximum absolute atomic E-state index is 12.2. The van der Waals surface area contributed by atoms with Gasteiger partial charge in [0.2, 0.25) is 0 Å². The first kappa shape index (κ1) is 23.0. The summed E-state index contributed by atoms with van der Waals surface area (Å²) in [4.78, 5) is 11.0. The van der Waals surface area contributed by atoms with Crippen molar-refractivity contribution in [2.24, 2.45) is 10.7 Å². The van der Waals surface area contributed by atoms with Crippen molar-refractivity contribution in [1.29, 1.82) is 0 Å². The van der Waals surface area contributed by atoms with Crippen LogP contribution in [0.25, 0.3) is 0 Å². The second-order valence-corrected chi connectivity index (χ2v) is 6.46. The number of benzene rings is 1. The van der Waals surface area contributed by atoms with Crippen LogP contribution in [0.15, 0.2) is 47.6 Å². The number of aromatic nitrogens is 1. The van der Waals surface area contributed by atoms with Crippen LogP contribution in [0.3, 0.4) is 0 Å². The molecule has 0 aliphatic carbocycles. The molecule has 1 saturated heterocycles. The normalized spacial score (nSPS) is 14.4. The van der Waals surface area contributed by atoms with Crippen LogP contribution < -0.4 is 20.7 Å². The highest BCUT2D eigenvalue weighted by Gasteiger charge is 2.30. The maximum atomic E-state index is 12.2. The standard InChI is InChI=1S/C19H22F3N5O.HI/c20-19(21,22)28-16-5-3-14(4-6-16)12-25-18(23)26-13-15-7-8-24-17(11-15)27-9-1-2-10-27;/h3-8,11H,1-2,9-10,12-13H2,(H3,23,25,26);1H. The summed E-state index contributed by atoms with van der Waals surface area (Å²) in [5.74, 6) is 0.956. The molecule has 0 spiro atoms. The molecule has 0 bridgehead atoms. The molecule has 0 saturated carbocycles. The first-order valence-electron chi connectivity index (χ1n) is 8.97. The Kier molecular flexibility index (Phi) is 8.35. The predicted molar refractivity (Wildman–Crippen MR) is 116 cm³/mol. The van der Waals surface area contributed by atoms with E-state index < -0.39 is 6.36 Å². The summed E-state index contributed by atoms with van der Waals surface area (Å²) in [6, 6.07) is 9.50. The summed E-state index contributed by atoms with van der Waals surface area (Å²) < 4.78 is 40.3. The Morgan fingerprint density at radius 2 is 1.83 bits per heavy atom. The van der Waals surface area contributed by atoms with Gasteiger partial charge >= 0.3 is 6.36 Å². The molecule has 2 aromatic rings. The molecule has 29 heavy (non-hydrogen) atoms. The average molecular weight is 521 g/mol. The molecule has 0 radical (unpaired) electrons. The Balaban J connectivity index is 0.00000300. The molecule has 1 aliphatic heterocycles. The monoisotopic (exact) mass is 521 g/mol. The number of nitrogens with zero attached hydrogens (tertiary/aromatic N) is 3. The molecular formula is C19H23F3IN5O. The van der Waals surface area contributed by atoms with Gasteiger partial charge in [0, 0.05) is 25.8 Å². The highest BCUT2D eigenvalue weighted by atomic mass is 127. The van der Waals surface area contributed by atoms with Gasteiger partial charge in [-0.15, -0.1) is 37.1 Å². The Morgan fingerprint density at radius 1 is 1.14 bits per heavy atom. The van der Waals surface area contributed by atoms with Gasteiger partial charge in [0.15, 0.2) is 5.96 Å². The number of rotatable bonds is 6. The Morgan fingerprint density at radius 3 is 2.48 bits per heavy atom. The molecule has 158 valence electrons. The lowest BCUT2D eigenvalue weighted by molar-refractivity contribution is -0.274. The van der Waals surface area contributed by atoms with Gasteiger partial charge in [0.1, 0.15) is 11.6 Å². The fourth-order valence-corrected chi connectivity index (χ4v) is 2.91. The molecule has 0 unspecified atom stereocenters. The summed E-state index contributed by atoms with van der Waals surface area (Å²) in [5.41, 5.74) is 7.65. The average Bonchev–Trinajstić information content (AvgIpc) is 3.20. The first-order valence-corrected chi connectivity index (χ1v) is 8.97. The van der Waals surface area contributed by atoms with Crippen molar-refractivity contribution in [3.05, 3.63) is 53.7 Å². The lowest BCUT2D eigenvalue weighted by atomic mass is 10.2. The fourth-order valence-electron chi connectivity index (χ4n) is 2.91. The van der Waals surface area contributed by atoms with Crippen LogP contribution in [0.2, 0.25) is 0 Å². The van der Waals surface area contributed by atoms with Crippen LogP contribution in [-0.2, 0) is 13.1 Å². The number of aliphatic imine (C=N–C) groups is 1. The number of pyridine rings is 1. The fraction of sp³-hybridized carbons (Fsp3) is 0.368. The zero-order valence-electron chi connectivity index (χ0n) is 15.7. The highest BCUT2D eigenvalue weighted by Crippen LogP contribution is 2.22. The van der Waals surface area contributed by atoms with E-state index in [1.165, 1.54) is 37.1 Å². The molecule has 0 atom stereocenters. The van der Waals surface area contributed by atoms with Gasteiger partial charge < -0.3 is 20.7 Å². The number of halogens is 4. The van der Waals surface area contributed by atoms with Gasteiger partial charge in [-0.2, -0.15) is 0 Å². The molecule has 3 rings (SSSR count). The zero-order valence-corrected chi connectivity index (χ0v) is 18.0. The zero-order chi connectivity index (χ0) is 20.0. The minimum absolute atomic E-state index is 0. The molecule has 2 heterocycles. The van der Waals surface area contributed by atoms with Crippen molar-refractivity contribution in [3.63, 3.8) is 0 Å². The summed E-state index contributed by atoms with van der Waals surface area (Å²) >= 11 is 0. The van der Waals surface area contributed by atoms with Crippen LogP contribution in [0, 0.1) is 0 Å². The van der Waals surface area contributed by atoms with E-state index in [0.29, 0.717) is 13.1 Å². The number of guanidine groups is 1. The third kappa shape index (κ3) is 7.59. The van der Waals surface area contributed by atoms with Gasteiger partial charge in [-0.1, -0.05) is 12.1 Å². The topological polar surface area (TPSA) is 75.8 Å². The van der Waals surface area contributed by atoms with Crippen LogP contribution in [-0.4, -0.2) is 30.4 Å². The number of nitrogens with one attached hydrogen (secondary N) is 1. The highest BCUT2D eigenvalue weighted by molar-refractivity contribution is 14.0. The smallest absolute Gasteiger partial charge is 0.406 e. The van der Waals surface area contributed by atoms with Crippen LogP contribution in [0.1, 0.15) is 24.0 Å². The second kappa shape index (κ2) is 10.5. The Bertz CT molecular complexity index is 808. The van der Waals surface area contributed by atoms with Crippen molar-refractivity contribution in [2.75, 3.05) is 18.0 Å². The van der Waals surface area contributed by atoms with Gasteiger partial charge in [-0.25, -0.2) is 9.98 Å². The summed E-state index contributed by atoms with van der Waals surface area (Å²) in [7, 11) is 0. The van der Waals surface area contributed by atoms with Gasteiger partial charge in [0.05, 0.1) is 6.54 Å². The number of hydrogen-bond donors (Lipinski definition) is 2. The summed E-state index contributed by atoms with van der Waals surface area (Å²) in [6.45, 7) is 2.81. The van der Waals surface area contributed by atoms with E-state index in [0.717, 1.165) is 30.0 Å². The molecule has 0 amide bonds. The number of hydrogen-bond acceptors (Lipinski definition) is 4. The first-order chi connectivity index (χ1) is 13.4. The molecule has 1 aromatic heterocycles. The van der Waals surface area contributed by atoms with Crippen molar-refractivity contribution in [2.45, 2.75) is 32.3 Å². The largest absolute Gasteiger partial charge is 0.573 e. The van der Waals surface area contributed by atoms with Crippen molar-refractivity contribution in [3.8, 4) is 5.75 Å². The Labute approximate surface area is 184 Å². The minimum atomic E-state index is -4.70. The van der Waals surface area contributed by atoms with Crippen LogP contribution >= 0.6 is 24.0 Å². The summed E-state index contributed by atoms with van der Waals surface area (Å²) in [6.07, 6.45) is -0.556. The Hall–Kier alpha value is -2.24. The molecule has 1 aromatic carbocycles. The van der Waals surface area contributed by atoms with Crippen LogP contribution in [0.4, 0.5) is 19.0 Å². The third-order valence-corrected chi connectivity index (χ3v) is 4.30. The molecule has 1 fully saturated rings. The van der Waals surface area contributed by atoms with E-state index in [-0.39, 0.29) is 35.7 Å². The minimum Gasteiger partial charge on any atom is -0.406 e. The maximum Gasteiger partial charge on any atom is 0.573 e. The summed E-state index contributed by atoms with van der Waals surface area (Å²) in [5, 5.41) is 2.95.